The van der Waals surface area contributed by atoms with Gasteiger partial charge in [0.25, 0.3) is 0 Å². The summed E-state index contributed by atoms with van der Waals surface area (Å²) in [5, 5.41) is 0. The van der Waals surface area contributed by atoms with Crippen LogP contribution in [0.1, 0.15) is 15.9 Å². The van der Waals surface area contributed by atoms with Crippen LogP contribution in [0.15, 0.2) is 36.4 Å². The van der Waals surface area contributed by atoms with Gasteiger partial charge < -0.3 is 9.47 Å². The quantitative estimate of drug-likeness (QED) is 0.791. The van der Waals surface area contributed by atoms with E-state index in [0.717, 1.165) is 6.07 Å². The summed E-state index contributed by atoms with van der Waals surface area (Å²) >= 11 is 0. The summed E-state index contributed by atoms with van der Waals surface area (Å²) in [4.78, 5) is 12.3. The van der Waals surface area contributed by atoms with Crippen LogP contribution < -0.4 is 9.47 Å². The Morgan fingerprint density at radius 3 is 2.50 bits per heavy atom. The maximum Gasteiger partial charge on any atom is 0.199 e. The third kappa shape index (κ3) is 2.01. The maximum atomic E-state index is 13.7. The Balaban J connectivity index is 2.09. The molecule has 0 saturated carbocycles. The van der Waals surface area contributed by atoms with Crippen molar-refractivity contribution in [2.75, 3.05) is 13.2 Å². The van der Waals surface area contributed by atoms with Gasteiger partial charge in [-0.15, -0.1) is 0 Å². The number of para-hydroxylation sites is 1. The Morgan fingerprint density at radius 2 is 1.65 bits per heavy atom. The Kier molecular flexibility index (Phi) is 3.10. The summed E-state index contributed by atoms with van der Waals surface area (Å²) in [6.07, 6.45) is 0. The van der Waals surface area contributed by atoms with Crippen molar-refractivity contribution < 1.29 is 23.0 Å². The molecular formula is C15H10F2O3. The van der Waals surface area contributed by atoms with Crippen LogP contribution in [-0.4, -0.2) is 19.0 Å². The average molecular weight is 276 g/mol. The molecule has 0 radical (unpaired) electrons. The van der Waals surface area contributed by atoms with Crippen molar-refractivity contribution in [3.63, 3.8) is 0 Å². The Labute approximate surface area is 113 Å². The van der Waals surface area contributed by atoms with Gasteiger partial charge in [0.2, 0.25) is 0 Å². The highest BCUT2D eigenvalue weighted by Crippen LogP contribution is 2.35. The number of benzene rings is 2. The number of hydrogen-bond acceptors (Lipinski definition) is 3. The minimum absolute atomic E-state index is 0.159. The highest BCUT2D eigenvalue weighted by molar-refractivity contribution is 6.11. The number of ether oxygens (including phenoxy) is 2. The highest BCUT2D eigenvalue weighted by Gasteiger charge is 2.24. The predicted octanol–water partition coefficient (Wildman–Crippen LogP) is 2.97. The van der Waals surface area contributed by atoms with Crippen LogP contribution in [0.5, 0.6) is 11.5 Å². The van der Waals surface area contributed by atoms with Gasteiger partial charge in [-0.3, -0.25) is 4.79 Å². The number of rotatable bonds is 2. The summed E-state index contributed by atoms with van der Waals surface area (Å²) in [6.45, 7) is 0.696. The van der Waals surface area contributed by atoms with Gasteiger partial charge in [-0.2, -0.15) is 0 Å². The van der Waals surface area contributed by atoms with Crippen molar-refractivity contribution >= 4 is 5.78 Å². The van der Waals surface area contributed by atoms with Gasteiger partial charge in [0, 0.05) is 0 Å². The molecule has 0 spiro atoms. The van der Waals surface area contributed by atoms with E-state index in [4.69, 9.17) is 9.47 Å². The van der Waals surface area contributed by atoms with Crippen molar-refractivity contribution in [3.05, 3.63) is 59.2 Å². The molecular weight excluding hydrogens is 266 g/mol. The molecule has 3 rings (SSSR count). The lowest BCUT2D eigenvalue weighted by Crippen LogP contribution is -2.18. The number of fused-ring (bicyclic) bond motifs is 1. The van der Waals surface area contributed by atoms with E-state index < -0.39 is 17.4 Å². The molecule has 0 aromatic heterocycles. The fourth-order valence-electron chi connectivity index (χ4n) is 2.08. The number of halogens is 2. The first-order chi connectivity index (χ1) is 9.68. The van der Waals surface area contributed by atoms with Gasteiger partial charge >= 0.3 is 0 Å². The molecule has 20 heavy (non-hydrogen) atoms. The number of ketones is 1. The average Bonchev–Trinajstić information content (AvgIpc) is 2.49. The van der Waals surface area contributed by atoms with E-state index in [1.54, 1.807) is 12.1 Å². The molecule has 0 bridgehead atoms. The van der Waals surface area contributed by atoms with E-state index in [2.05, 4.69) is 0 Å². The Morgan fingerprint density at radius 1 is 0.950 bits per heavy atom. The summed E-state index contributed by atoms with van der Waals surface area (Å²) in [6, 6.07) is 8.26. The van der Waals surface area contributed by atoms with Crippen LogP contribution in [0.4, 0.5) is 8.78 Å². The lowest BCUT2D eigenvalue weighted by molar-refractivity contribution is 0.102. The van der Waals surface area contributed by atoms with Crippen LogP contribution in [0, 0.1) is 11.6 Å². The fraction of sp³-hybridized carbons (Fsp3) is 0.133. The molecule has 0 atom stereocenters. The number of carbonyl (C=O) groups excluding carboxylic acids is 1. The lowest BCUT2D eigenvalue weighted by atomic mass is 10.0. The summed E-state index contributed by atoms with van der Waals surface area (Å²) in [5.41, 5.74) is -0.167. The van der Waals surface area contributed by atoms with Crippen molar-refractivity contribution in [2.45, 2.75) is 0 Å². The van der Waals surface area contributed by atoms with Crippen molar-refractivity contribution in [1.82, 2.24) is 0 Å². The van der Waals surface area contributed by atoms with Gasteiger partial charge in [0.1, 0.15) is 13.2 Å². The zero-order valence-electron chi connectivity index (χ0n) is 10.4. The molecule has 1 heterocycles. The van der Waals surface area contributed by atoms with Crippen LogP contribution in [0.2, 0.25) is 0 Å². The van der Waals surface area contributed by atoms with Crippen molar-refractivity contribution in [1.29, 1.82) is 0 Å². The third-order valence-corrected chi connectivity index (χ3v) is 3.01. The van der Waals surface area contributed by atoms with E-state index in [-0.39, 0.29) is 16.9 Å². The first kappa shape index (κ1) is 12.6. The molecule has 1 aliphatic heterocycles. The Bertz CT molecular complexity index is 683. The molecule has 2 aromatic carbocycles. The van der Waals surface area contributed by atoms with Gasteiger partial charge in [-0.1, -0.05) is 12.1 Å². The van der Waals surface area contributed by atoms with Crippen molar-refractivity contribution in [3.8, 4) is 11.5 Å². The van der Waals surface area contributed by atoms with Gasteiger partial charge in [0.15, 0.2) is 28.9 Å². The molecule has 0 amide bonds. The van der Waals surface area contributed by atoms with Crippen LogP contribution >= 0.6 is 0 Å². The monoisotopic (exact) mass is 276 g/mol. The smallest absolute Gasteiger partial charge is 0.199 e. The molecule has 5 heteroatoms. The molecule has 0 fully saturated rings. The Hall–Kier alpha value is -2.43. The summed E-state index contributed by atoms with van der Waals surface area (Å²) in [5.74, 6) is -2.15. The largest absolute Gasteiger partial charge is 0.486 e. The van der Waals surface area contributed by atoms with Gasteiger partial charge in [0.05, 0.1) is 11.1 Å². The first-order valence-corrected chi connectivity index (χ1v) is 6.06. The lowest BCUT2D eigenvalue weighted by Gasteiger charge is -2.20. The molecule has 0 unspecified atom stereocenters. The molecule has 1 aliphatic rings. The zero-order chi connectivity index (χ0) is 14.1. The van der Waals surface area contributed by atoms with E-state index in [9.17, 15) is 13.6 Å². The molecule has 102 valence electrons. The molecule has 0 aliphatic carbocycles. The second kappa shape index (κ2) is 4.92. The van der Waals surface area contributed by atoms with Gasteiger partial charge in [-0.05, 0) is 24.3 Å². The maximum absolute atomic E-state index is 13.7. The molecule has 2 aromatic rings. The van der Waals surface area contributed by atoms with Gasteiger partial charge in [-0.25, -0.2) is 8.78 Å². The number of carbonyl (C=O) groups is 1. The standard InChI is InChI=1S/C15H10F2O3/c16-11-5-1-3-9(13(11)17)14(18)10-4-2-6-12-15(10)20-8-7-19-12/h1-6H,7-8H2. The first-order valence-electron chi connectivity index (χ1n) is 6.06. The molecule has 3 nitrogen and oxygen atoms in total. The highest BCUT2D eigenvalue weighted by atomic mass is 19.2. The topological polar surface area (TPSA) is 35.5 Å². The molecule has 0 N–H and O–H groups in total. The zero-order valence-corrected chi connectivity index (χ0v) is 10.4. The summed E-state index contributed by atoms with van der Waals surface area (Å²) in [7, 11) is 0. The van der Waals surface area contributed by atoms with Crippen LogP contribution in [0.25, 0.3) is 0 Å². The van der Waals surface area contributed by atoms with Crippen LogP contribution in [-0.2, 0) is 0 Å². The summed E-state index contributed by atoms with van der Waals surface area (Å²) < 4.78 is 37.7. The minimum atomic E-state index is -1.16. The minimum Gasteiger partial charge on any atom is -0.486 e. The second-order valence-electron chi connectivity index (χ2n) is 4.26. The third-order valence-electron chi connectivity index (χ3n) is 3.01. The second-order valence-corrected chi connectivity index (χ2v) is 4.26. The van der Waals surface area contributed by atoms with E-state index in [1.165, 1.54) is 18.2 Å². The molecule has 0 saturated heterocycles. The fourth-order valence-corrected chi connectivity index (χ4v) is 2.08. The van der Waals surface area contributed by atoms with E-state index >= 15 is 0 Å². The van der Waals surface area contributed by atoms with E-state index in [0.29, 0.717) is 19.0 Å². The SMILES string of the molecule is O=C(c1cccc(F)c1F)c1cccc2c1OCCO2. The van der Waals surface area contributed by atoms with E-state index in [1.807, 2.05) is 0 Å². The van der Waals surface area contributed by atoms with Crippen molar-refractivity contribution in [2.24, 2.45) is 0 Å². The predicted molar refractivity (Wildman–Crippen MR) is 67.2 cm³/mol. The normalized spacial score (nSPS) is 13.1. The van der Waals surface area contributed by atoms with Crippen LogP contribution in [0.3, 0.4) is 0 Å². The number of hydrogen-bond donors (Lipinski definition) is 0.